The van der Waals surface area contributed by atoms with Crippen LogP contribution >= 0.6 is 27.3 Å². The number of hydrogen-bond acceptors (Lipinski definition) is 4. The number of aliphatic carboxylic acids is 1. The third-order valence-corrected chi connectivity index (χ3v) is 5.08. The third kappa shape index (κ3) is 2.43. The van der Waals surface area contributed by atoms with Crippen molar-refractivity contribution in [3.63, 3.8) is 0 Å². The fourth-order valence-electron chi connectivity index (χ4n) is 2.69. The van der Waals surface area contributed by atoms with Crippen LogP contribution in [0.15, 0.2) is 34.1 Å². The molecular formula is C15H11BrN2O2S. The Morgan fingerprint density at radius 3 is 3.00 bits per heavy atom. The van der Waals surface area contributed by atoms with Gasteiger partial charge in [0, 0.05) is 15.9 Å². The zero-order valence-corrected chi connectivity index (χ0v) is 13.3. The molecule has 3 rings (SSSR count). The first-order chi connectivity index (χ1) is 10.1. The van der Waals surface area contributed by atoms with E-state index in [0.29, 0.717) is 17.8 Å². The highest BCUT2D eigenvalue weighted by Crippen LogP contribution is 2.38. The molecule has 0 bridgehead atoms. The van der Waals surface area contributed by atoms with Gasteiger partial charge in [-0.05, 0) is 41.6 Å². The predicted molar refractivity (Wildman–Crippen MR) is 84.6 cm³/mol. The summed E-state index contributed by atoms with van der Waals surface area (Å²) in [6, 6.07) is 8.64. The van der Waals surface area contributed by atoms with Gasteiger partial charge in [-0.15, -0.1) is 11.3 Å². The molecule has 0 saturated carbocycles. The van der Waals surface area contributed by atoms with Crippen molar-refractivity contribution in [2.24, 2.45) is 0 Å². The van der Waals surface area contributed by atoms with Gasteiger partial charge in [0.25, 0.3) is 0 Å². The maximum absolute atomic E-state index is 11.7. The number of halogens is 1. The van der Waals surface area contributed by atoms with Crippen molar-refractivity contribution in [2.75, 3.05) is 11.4 Å². The Labute approximate surface area is 134 Å². The molecule has 0 spiro atoms. The summed E-state index contributed by atoms with van der Waals surface area (Å²) in [4.78, 5) is 14.7. The zero-order valence-electron chi connectivity index (χ0n) is 10.9. The molecule has 0 amide bonds. The fraction of sp³-hybridized carbons (Fsp3) is 0.200. The monoisotopic (exact) mass is 362 g/mol. The van der Waals surface area contributed by atoms with Gasteiger partial charge in [-0.25, -0.2) is 4.79 Å². The summed E-state index contributed by atoms with van der Waals surface area (Å²) in [7, 11) is 0. The van der Waals surface area contributed by atoms with Crippen molar-refractivity contribution in [1.29, 1.82) is 5.26 Å². The number of nitrogens with zero attached hydrogens (tertiary/aromatic N) is 2. The number of carboxylic acid groups (broad SMARTS) is 1. The van der Waals surface area contributed by atoms with Gasteiger partial charge in [0.05, 0.1) is 11.3 Å². The van der Waals surface area contributed by atoms with E-state index >= 15 is 0 Å². The highest BCUT2D eigenvalue weighted by atomic mass is 79.9. The van der Waals surface area contributed by atoms with E-state index in [1.807, 2.05) is 22.4 Å². The summed E-state index contributed by atoms with van der Waals surface area (Å²) in [5, 5.41) is 20.9. The van der Waals surface area contributed by atoms with Crippen molar-refractivity contribution < 1.29 is 9.90 Å². The second kappa shape index (κ2) is 5.51. The number of hydrogen-bond donors (Lipinski definition) is 1. The molecule has 2 aromatic rings. The lowest BCUT2D eigenvalue weighted by Crippen LogP contribution is -2.39. The Hall–Kier alpha value is -1.84. The lowest BCUT2D eigenvalue weighted by molar-refractivity contribution is -0.138. The topological polar surface area (TPSA) is 64.3 Å². The van der Waals surface area contributed by atoms with Crippen molar-refractivity contribution in [3.05, 3.63) is 50.1 Å². The number of benzene rings is 1. The Morgan fingerprint density at radius 2 is 2.29 bits per heavy atom. The van der Waals surface area contributed by atoms with Crippen molar-refractivity contribution >= 4 is 38.9 Å². The normalized spacial score (nSPS) is 17.1. The minimum atomic E-state index is -0.888. The van der Waals surface area contributed by atoms with E-state index < -0.39 is 12.0 Å². The number of carbonyl (C=O) groups is 1. The van der Waals surface area contributed by atoms with Crippen molar-refractivity contribution in [2.45, 2.75) is 12.5 Å². The van der Waals surface area contributed by atoms with E-state index in [-0.39, 0.29) is 0 Å². The Morgan fingerprint density at radius 1 is 1.48 bits per heavy atom. The van der Waals surface area contributed by atoms with Gasteiger partial charge >= 0.3 is 5.97 Å². The molecule has 1 N–H and O–H groups in total. The molecule has 2 heterocycles. The van der Waals surface area contributed by atoms with Crippen LogP contribution < -0.4 is 4.90 Å². The van der Waals surface area contributed by atoms with Gasteiger partial charge < -0.3 is 10.0 Å². The molecule has 1 aliphatic rings. The molecule has 0 saturated heterocycles. The average Bonchev–Trinajstić information content (AvgIpc) is 2.94. The molecule has 1 aromatic carbocycles. The van der Waals surface area contributed by atoms with Crippen LogP contribution in [0.2, 0.25) is 0 Å². The molecule has 1 aromatic heterocycles. The van der Waals surface area contributed by atoms with Gasteiger partial charge in [0.2, 0.25) is 0 Å². The number of rotatable bonds is 2. The second-order valence-corrected chi connectivity index (χ2v) is 6.67. The number of carboxylic acids is 1. The van der Waals surface area contributed by atoms with Gasteiger partial charge in [0.1, 0.15) is 6.07 Å². The summed E-state index contributed by atoms with van der Waals surface area (Å²) < 4.78 is 0.808. The van der Waals surface area contributed by atoms with E-state index in [9.17, 15) is 15.2 Å². The molecule has 0 radical (unpaired) electrons. The highest BCUT2D eigenvalue weighted by Gasteiger charge is 2.34. The van der Waals surface area contributed by atoms with Gasteiger partial charge in [-0.2, -0.15) is 5.26 Å². The fourth-order valence-corrected chi connectivity index (χ4v) is 3.96. The quantitative estimate of drug-likeness (QED) is 0.886. The van der Waals surface area contributed by atoms with E-state index in [1.165, 1.54) is 0 Å². The van der Waals surface area contributed by atoms with E-state index in [0.717, 1.165) is 21.3 Å². The molecular weight excluding hydrogens is 352 g/mol. The van der Waals surface area contributed by atoms with Crippen LogP contribution in [0.25, 0.3) is 0 Å². The first kappa shape index (κ1) is 14.1. The van der Waals surface area contributed by atoms with Gasteiger partial charge in [-0.3, -0.25) is 0 Å². The lowest BCUT2D eigenvalue weighted by Gasteiger charge is -2.35. The summed E-state index contributed by atoms with van der Waals surface area (Å²) in [5.41, 5.74) is 1.99. The molecule has 1 atom stereocenters. The van der Waals surface area contributed by atoms with Crippen LogP contribution in [0.4, 0.5) is 5.69 Å². The third-order valence-electron chi connectivity index (χ3n) is 3.59. The summed E-state index contributed by atoms with van der Waals surface area (Å²) in [6.07, 6.45) is 0.803. The Kier molecular flexibility index (Phi) is 3.70. The van der Waals surface area contributed by atoms with Crippen LogP contribution in [-0.4, -0.2) is 17.6 Å². The van der Waals surface area contributed by atoms with Crippen LogP contribution in [0, 0.1) is 11.3 Å². The largest absolute Gasteiger partial charge is 0.479 e. The maximum atomic E-state index is 11.7. The van der Waals surface area contributed by atoms with Crippen LogP contribution in [0.3, 0.4) is 0 Å². The Bertz CT molecular complexity index is 750. The standard InChI is InChI=1S/C15H11BrN2O2S/c16-10-1-2-12(9(7-10)8-17)18-5-3-13-11(4-6-21-13)14(18)15(19)20/h1-2,4,6-7,14H,3,5H2,(H,19,20). The second-order valence-electron chi connectivity index (χ2n) is 4.76. The predicted octanol–water partition coefficient (Wildman–Crippen LogP) is 3.57. The molecule has 1 unspecified atom stereocenters. The summed E-state index contributed by atoms with van der Waals surface area (Å²) in [6.45, 7) is 0.598. The number of anilines is 1. The molecule has 0 aliphatic carbocycles. The van der Waals surface area contributed by atoms with Gasteiger partial charge in [-0.1, -0.05) is 15.9 Å². The van der Waals surface area contributed by atoms with Crippen LogP contribution in [0.1, 0.15) is 22.0 Å². The van der Waals surface area contributed by atoms with Crippen molar-refractivity contribution in [1.82, 2.24) is 0 Å². The zero-order chi connectivity index (χ0) is 15.0. The summed E-state index contributed by atoms with van der Waals surface area (Å²) >= 11 is 4.93. The van der Waals surface area contributed by atoms with Crippen LogP contribution in [-0.2, 0) is 11.2 Å². The average molecular weight is 363 g/mol. The molecule has 6 heteroatoms. The van der Waals surface area contributed by atoms with E-state index in [2.05, 4.69) is 22.0 Å². The first-order valence-electron chi connectivity index (χ1n) is 6.37. The minimum Gasteiger partial charge on any atom is -0.479 e. The minimum absolute atomic E-state index is 0.481. The van der Waals surface area contributed by atoms with E-state index in [4.69, 9.17) is 0 Å². The number of nitriles is 1. The molecule has 0 fully saturated rings. The molecule has 106 valence electrons. The maximum Gasteiger partial charge on any atom is 0.331 e. The van der Waals surface area contributed by atoms with Gasteiger partial charge in [0.15, 0.2) is 6.04 Å². The smallest absolute Gasteiger partial charge is 0.331 e. The van der Waals surface area contributed by atoms with Crippen LogP contribution in [0.5, 0.6) is 0 Å². The summed E-state index contributed by atoms with van der Waals surface area (Å²) in [5.74, 6) is -0.888. The number of thiophene rings is 1. The molecule has 4 nitrogen and oxygen atoms in total. The van der Waals surface area contributed by atoms with Crippen molar-refractivity contribution in [3.8, 4) is 6.07 Å². The van der Waals surface area contributed by atoms with E-state index in [1.54, 1.807) is 23.5 Å². The SMILES string of the molecule is N#Cc1cc(Br)ccc1N1CCc2sccc2C1C(=O)O. The lowest BCUT2D eigenvalue weighted by atomic mass is 9.98. The molecule has 1 aliphatic heterocycles. The Balaban J connectivity index is 2.11. The highest BCUT2D eigenvalue weighted by molar-refractivity contribution is 9.10. The molecule has 21 heavy (non-hydrogen) atoms. The number of fused-ring (bicyclic) bond motifs is 1. The first-order valence-corrected chi connectivity index (χ1v) is 8.04.